The highest BCUT2D eigenvalue weighted by atomic mass is 16.6. The second-order valence-electron chi connectivity index (χ2n) is 4.34. The normalized spacial score (nSPS) is 23.1. The first kappa shape index (κ1) is 11.6. The highest BCUT2D eigenvalue weighted by Crippen LogP contribution is 2.31. The van der Waals surface area contributed by atoms with E-state index >= 15 is 0 Å². The number of hydrogen-bond acceptors (Lipinski definition) is 4. The maximum atomic E-state index is 11.0. The molecular formula is C12H15N3O2. The van der Waals surface area contributed by atoms with Crippen molar-refractivity contribution < 1.29 is 4.92 Å². The van der Waals surface area contributed by atoms with Crippen LogP contribution >= 0.6 is 0 Å². The lowest BCUT2D eigenvalue weighted by molar-refractivity contribution is -0.384. The average Bonchev–Trinajstić information content (AvgIpc) is 2.37. The zero-order chi connectivity index (χ0) is 12.6. The third-order valence-corrected chi connectivity index (χ3v) is 3.12. The lowest BCUT2D eigenvalue weighted by Gasteiger charge is -2.16. The molecule has 2 rings (SSSR count). The monoisotopic (exact) mass is 233 g/mol. The van der Waals surface area contributed by atoms with Crippen LogP contribution in [0.25, 0.3) is 0 Å². The summed E-state index contributed by atoms with van der Waals surface area (Å²) >= 11 is 0. The number of hydrogen-bond donors (Lipinski definition) is 1. The van der Waals surface area contributed by atoms with Crippen LogP contribution in [0.4, 0.5) is 11.4 Å². The number of nitrogens with zero attached hydrogens (tertiary/aromatic N) is 2. The Morgan fingerprint density at radius 3 is 2.76 bits per heavy atom. The standard InChI is InChI=1S/C12H15N3O2/c1-7-8(2)14-12-10(9(3)13-7)5-4-6-11(12)15(16)17/h4-8,14H,1-3H3. The summed E-state index contributed by atoms with van der Waals surface area (Å²) in [5.41, 5.74) is 2.34. The molecular weight excluding hydrogens is 218 g/mol. The third kappa shape index (κ3) is 2.00. The SMILES string of the molecule is CC1=NC(C)C(C)Nc2c1cccc2[N+](=O)[O-]. The van der Waals surface area contributed by atoms with Crippen molar-refractivity contribution >= 4 is 17.1 Å². The van der Waals surface area contributed by atoms with Gasteiger partial charge in [-0.15, -0.1) is 0 Å². The number of nitrogens with one attached hydrogen (secondary N) is 1. The van der Waals surface area contributed by atoms with Gasteiger partial charge in [0.05, 0.1) is 11.0 Å². The number of benzene rings is 1. The number of anilines is 1. The van der Waals surface area contributed by atoms with Crippen LogP contribution in [0.2, 0.25) is 0 Å². The Bertz CT molecular complexity index is 497. The van der Waals surface area contributed by atoms with Gasteiger partial charge in [-0.25, -0.2) is 0 Å². The lowest BCUT2D eigenvalue weighted by Crippen LogP contribution is -2.26. The summed E-state index contributed by atoms with van der Waals surface area (Å²) in [5.74, 6) is 0. The number of benzodiazepines with no additional fused rings is 1. The molecule has 17 heavy (non-hydrogen) atoms. The summed E-state index contributed by atoms with van der Waals surface area (Å²) in [5, 5.41) is 14.2. The highest BCUT2D eigenvalue weighted by Gasteiger charge is 2.25. The van der Waals surface area contributed by atoms with E-state index in [4.69, 9.17) is 0 Å². The molecule has 0 aromatic heterocycles. The smallest absolute Gasteiger partial charge is 0.293 e. The molecule has 1 aromatic rings. The second kappa shape index (κ2) is 4.16. The summed E-state index contributed by atoms with van der Waals surface area (Å²) < 4.78 is 0. The summed E-state index contributed by atoms with van der Waals surface area (Å²) in [7, 11) is 0. The van der Waals surface area contributed by atoms with Gasteiger partial charge in [-0.1, -0.05) is 12.1 Å². The van der Waals surface area contributed by atoms with Gasteiger partial charge in [0.25, 0.3) is 5.69 Å². The van der Waals surface area contributed by atoms with E-state index in [1.54, 1.807) is 6.07 Å². The Hall–Kier alpha value is -1.91. The molecule has 0 bridgehead atoms. The minimum absolute atomic E-state index is 0.0762. The number of fused-ring (bicyclic) bond motifs is 1. The van der Waals surface area contributed by atoms with E-state index < -0.39 is 0 Å². The predicted molar refractivity (Wildman–Crippen MR) is 67.9 cm³/mol. The van der Waals surface area contributed by atoms with Crippen LogP contribution in [-0.2, 0) is 0 Å². The van der Waals surface area contributed by atoms with Gasteiger partial charge >= 0.3 is 0 Å². The summed E-state index contributed by atoms with van der Waals surface area (Å²) in [4.78, 5) is 15.2. The van der Waals surface area contributed by atoms with Crippen molar-refractivity contribution in [1.29, 1.82) is 0 Å². The van der Waals surface area contributed by atoms with Gasteiger partial charge in [0.2, 0.25) is 0 Å². The molecule has 0 amide bonds. The largest absolute Gasteiger partial charge is 0.374 e. The second-order valence-corrected chi connectivity index (χ2v) is 4.34. The fourth-order valence-corrected chi connectivity index (χ4v) is 1.98. The van der Waals surface area contributed by atoms with Crippen LogP contribution in [0.3, 0.4) is 0 Å². The van der Waals surface area contributed by atoms with Crippen LogP contribution in [0.5, 0.6) is 0 Å². The van der Waals surface area contributed by atoms with Crippen molar-refractivity contribution in [3.63, 3.8) is 0 Å². The lowest BCUT2D eigenvalue weighted by atomic mass is 10.1. The molecule has 1 aliphatic heterocycles. The Kier molecular flexibility index (Phi) is 2.83. The van der Waals surface area contributed by atoms with Crippen molar-refractivity contribution in [1.82, 2.24) is 0 Å². The van der Waals surface area contributed by atoms with E-state index in [0.29, 0.717) is 5.69 Å². The van der Waals surface area contributed by atoms with Gasteiger partial charge in [0.1, 0.15) is 5.69 Å². The Labute approximate surface area is 99.7 Å². The fourth-order valence-electron chi connectivity index (χ4n) is 1.98. The first-order valence-electron chi connectivity index (χ1n) is 5.59. The van der Waals surface area contributed by atoms with Crippen LogP contribution in [0.1, 0.15) is 26.3 Å². The minimum Gasteiger partial charge on any atom is -0.374 e. The highest BCUT2D eigenvalue weighted by molar-refractivity contribution is 6.05. The number of nitro groups is 1. The molecule has 0 saturated heterocycles. The predicted octanol–water partition coefficient (Wildman–Crippen LogP) is 2.61. The van der Waals surface area contributed by atoms with Crippen molar-refractivity contribution in [3.05, 3.63) is 33.9 Å². The molecule has 90 valence electrons. The van der Waals surface area contributed by atoms with Crippen LogP contribution in [0, 0.1) is 10.1 Å². The number of nitro benzene ring substituents is 1. The Morgan fingerprint density at radius 1 is 1.41 bits per heavy atom. The minimum atomic E-state index is -0.359. The molecule has 2 atom stereocenters. The molecule has 0 radical (unpaired) electrons. The molecule has 2 unspecified atom stereocenters. The summed E-state index contributed by atoms with van der Waals surface area (Å²) in [6.45, 7) is 5.87. The van der Waals surface area contributed by atoms with E-state index in [2.05, 4.69) is 10.3 Å². The average molecular weight is 233 g/mol. The van der Waals surface area contributed by atoms with Gasteiger partial charge < -0.3 is 5.32 Å². The molecule has 0 saturated carbocycles. The Morgan fingerprint density at radius 2 is 2.12 bits per heavy atom. The quantitative estimate of drug-likeness (QED) is 0.598. The van der Waals surface area contributed by atoms with E-state index in [9.17, 15) is 10.1 Å². The van der Waals surface area contributed by atoms with Crippen molar-refractivity contribution in [2.45, 2.75) is 32.9 Å². The fraction of sp³-hybridized carbons (Fsp3) is 0.417. The Balaban J connectivity index is 2.62. The molecule has 5 nitrogen and oxygen atoms in total. The molecule has 1 N–H and O–H groups in total. The molecule has 1 aromatic carbocycles. The first-order chi connectivity index (χ1) is 8.00. The maximum absolute atomic E-state index is 11.0. The van der Waals surface area contributed by atoms with E-state index in [1.807, 2.05) is 26.8 Å². The topological polar surface area (TPSA) is 67.5 Å². The molecule has 1 aliphatic rings. The number of para-hydroxylation sites is 1. The van der Waals surface area contributed by atoms with Gasteiger partial charge in [-0.2, -0.15) is 0 Å². The zero-order valence-corrected chi connectivity index (χ0v) is 10.1. The van der Waals surface area contributed by atoms with Crippen LogP contribution < -0.4 is 5.32 Å². The van der Waals surface area contributed by atoms with Gasteiger partial charge in [-0.3, -0.25) is 15.1 Å². The van der Waals surface area contributed by atoms with Gasteiger partial charge in [0.15, 0.2) is 0 Å². The van der Waals surface area contributed by atoms with E-state index in [-0.39, 0.29) is 22.7 Å². The van der Waals surface area contributed by atoms with Gasteiger partial charge in [0, 0.05) is 23.4 Å². The maximum Gasteiger partial charge on any atom is 0.293 e. The van der Waals surface area contributed by atoms with Crippen molar-refractivity contribution in [3.8, 4) is 0 Å². The summed E-state index contributed by atoms with van der Waals surface area (Å²) in [6.07, 6.45) is 0. The molecule has 0 fully saturated rings. The molecule has 5 heteroatoms. The van der Waals surface area contributed by atoms with E-state index in [1.165, 1.54) is 6.07 Å². The van der Waals surface area contributed by atoms with Crippen LogP contribution in [-0.4, -0.2) is 22.7 Å². The number of aliphatic imine (C=N–C) groups is 1. The molecule has 0 aliphatic carbocycles. The van der Waals surface area contributed by atoms with E-state index in [0.717, 1.165) is 11.3 Å². The molecule has 0 spiro atoms. The van der Waals surface area contributed by atoms with Gasteiger partial charge in [-0.05, 0) is 20.8 Å². The van der Waals surface area contributed by atoms with Crippen molar-refractivity contribution in [2.75, 3.05) is 5.32 Å². The number of rotatable bonds is 1. The first-order valence-corrected chi connectivity index (χ1v) is 5.59. The van der Waals surface area contributed by atoms with Crippen LogP contribution in [0.15, 0.2) is 23.2 Å². The summed E-state index contributed by atoms with van der Waals surface area (Å²) in [6, 6.07) is 5.24. The molecule has 1 heterocycles. The zero-order valence-electron chi connectivity index (χ0n) is 10.1. The van der Waals surface area contributed by atoms with Crippen molar-refractivity contribution in [2.24, 2.45) is 4.99 Å². The third-order valence-electron chi connectivity index (χ3n) is 3.12.